The molecule has 0 fully saturated rings. The minimum absolute atomic E-state index is 0.110. The molecule has 100 valence electrons. The monoisotopic (exact) mass is 296 g/mol. The number of hydrogen-bond acceptors (Lipinski definition) is 5. The molecule has 0 saturated carbocycles. The molecule has 1 amide bonds. The van der Waals surface area contributed by atoms with Gasteiger partial charge in [-0.1, -0.05) is 18.5 Å². The molecule has 0 spiro atoms. The SMILES string of the molecule is CCC(NC(=O)c1cc(N)nc(Cl)c1)c1nccs1. The Bertz CT molecular complexity index is 553. The number of pyridine rings is 1. The highest BCUT2D eigenvalue weighted by atomic mass is 35.5. The lowest BCUT2D eigenvalue weighted by Gasteiger charge is -2.14. The predicted molar refractivity (Wildman–Crippen MR) is 76.3 cm³/mol. The van der Waals surface area contributed by atoms with Crippen molar-refractivity contribution in [2.24, 2.45) is 0 Å². The van der Waals surface area contributed by atoms with Gasteiger partial charge < -0.3 is 11.1 Å². The van der Waals surface area contributed by atoms with E-state index in [0.29, 0.717) is 5.56 Å². The Balaban J connectivity index is 2.15. The molecule has 0 aromatic carbocycles. The van der Waals surface area contributed by atoms with Crippen LogP contribution < -0.4 is 11.1 Å². The zero-order chi connectivity index (χ0) is 13.8. The van der Waals surface area contributed by atoms with Crippen LogP contribution in [0.15, 0.2) is 23.7 Å². The molecule has 0 aliphatic heterocycles. The van der Waals surface area contributed by atoms with Gasteiger partial charge in [0.25, 0.3) is 5.91 Å². The number of nitrogens with zero attached hydrogens (tertiary/aromatic N) is 2. The number of hydrogen-bond donors (Lipinski definition) is 2. The molecule has 2 rings (SSSR count). The quantitative estimate of drug-likeness (QED) is 0.850. The number of rotatable bonds is 4. The first kappa shape index (κ1) is 13.8. The average Bonchev–Trinajstić information content (AvgIpc) is 2.88. The lowest BCUT2D eigenvalue weighted by atomic mass is 10.2. The molecule has 2 heterocycles. The Hall–Kier alpha value is -1.66. The van der Waals surface area contributed by atoms with Crippen LogP contribution in [-0.4, -0.2) is 15.9 Å². The van der Waals surface area contributed by atoms with Crippen molar-refractivity contribution < 1.29 is 4.79 Å². The van der Waals surface area contributed by atoms with E-state index in [1.54, 1.807) is 6.20 Å². The van der Waals surface area contributed by atoms with Gasteiger partial charge in [-0.25, -0.2) is 9.97 Å². The normalized spacial score (nSPS) is 12.1. The molecule has 3 N–H and O–H groups in total. The number of aromatic nitrogens is 2. The van der Waals surface area contributed by atoms with E-state index in [-0.39, 0.29) is 22.9 Å². The standard InChI is InChI=1S/C12H13ClN4OS/c1-2-8(12-15-3-4-19-12)16-11(18)7-5-9(13)17-10(14)6-7/h3-6,8H,2H2,1H3,(H2,14,17)(H,16,18). The Morgan fingerprint density at radius 3 is 2.95 bits per heavy atom. The van der Waals surface area contributed by atoms with Gasteiger partial charge in [-0.05, 0) is 18.6 Å². The van der Waals surface area contributed by atoms with Crippen LogP contribution in [0.4, 0.5) is 5.82 Å². The molecule has 7 heteroatoms. The summed E-state index contributed by atoms with van der Waals surface area (Å²) in [4.78, 5) is 20.2. The number of carbonyl (C=O) groups is 1. The maximum absolute atomic E-state index is 12.1. The number of nitrogen functional groups attached to an aromatic ring is 1. The number of anilines is 1. The van der Waals surface area contributed by atoms with Crippen molar-refractivity contribution in [2.75, 3.05) is 5.73 Å². The topological polar surface area (TPSA) is 80.9 Å². The first-order chi connectivity index (χ1) is 9.10. The second kappa shape index (κ2) is 5.99. The predicted octanol–water partition coefficient (Wildman–Crippen LogP) is 2.65. The second-order valence-electron chi connectivity index (χ2n) is 3.91. The van der Waals surface area contributed by atoms with Gasteiger partial charge in [-0.2, -0.15) is 0 Å². The van der Waals surface area contributed by atoms with Crippen LogP contribution in [0, 0.1) is 0 Å². The summed E-state index contributed by atoms with van der Waals surface area (Å²) in [5, 5.41) is 5.87. The van der Waals surface area contributed by atoms with Crippen LogP contribution in [0.1, 0.15) is 34.8 Å². The summed E-state index contributed by atoms with van der Waals surface area (Å²) >= 11 is 7.29. The van der Waals surface area contributed by atoms with Gasteiger partial charge in [0.1, 0.15) is 16.0 Å². The summed E-state index contributed by atoms with van der Waals surface area (Å²) in [5.74, 6) is -0.0157. The number of thiazole rings is 1. The van der Waals surface area contributed by atoms with E-state index in [0.717, 1.165) is 11.4 Å². The van der Waals surface area contributed by atoms with Gasteiger partial charge in [-0.3, -0.25) is 4.79 Å². The van der Waals surface area contributed by atoms with E-state index in [1.165, 1.54) is 23.5 Å². The smallest absolute Gasteiger partial charge is 0.252 e. The molecule has 0 aliphatic rings. The van der Waals surface area contributed by atoms with E-state index < -0.39 is 0 Å². The maximum atomic E-state index is 12.1. The third-order valence-corrected chi connectivity index (χ3v) is 3.62. The van der Waals surface area contributed by atoms with E-state index in [9.17, 15) is 4.79 Å². The molecular formula is C12H13ClN4OS. The summed E-state index contributed by atoms with van der Waals surface area (Å²) < 4.78 is 0. The van der Waals surface area contributed by atoms with Crippen LogP contribution in [-0.2, 0) is 0 Å². The van der Waals surface area contributed by atoms with E-state index in [4.69, 9.17) is 17.3 Å². The fraction of sp³-hybridized carbons (Fsp3) is 0.250. The maximum Gasteiger partial charge on any atom is 0.252 e. The van der Waals surface area contributed by atoms with E-state index in [2.05, 4.69) is 15.3 Å². The second-order valence-corrected chi connectivity index (χ2v) is 5.22. The van der Waals surface area contributed by atoms with Crippen LogP contribution in [0.2, 0.25) is 5.15 Å². The summed E-state index contributed by atoms with van der Waals surface area (Å²) in [6.45, 7) is 1.99. The van der Waals surface area contributed by atoms with E-state index >= 15 is 0 Å². The minimum atomic E-state index is -0.238. The fourth-order valence-electron chi connectivity index (χ4n) is 1.63. The first-order valence-electron chi connectivity index (χ1n) is 5.73. The van der Waals surface area contributed by atoms with Gasteiger partial charge in [0.2, 0.25) is 0 Å². The van der Waals surface area contributed by atoms with Crippen molar-refractivity contribution >= 4 is 34.7 Å². The molecule has 2 aromatic heterocycles. The van der Waals surface area contributed by atoms with Crippen molar-refractivity contribution in [1.29, 1.82) is 0 Å². The zero-order valence-electron chi connectivity index (χ0n) is 10.3. The summed E-state index contributed by atoms with van der Waals surface area (Å²) in [6.07, 6.45) is 2.48. The van der Waals surface area contributed by atoms with Gasteiger partial charge in [0.05, 0.1) is 6.04 Å². The Kier molecular flexibility index (Phi) is 4.34. The molecule has 5 nitrogen and oxygen atoms in total. The summed E-state index contributed by atoms with van der Waals surface area (Å²) in [6, 6.07) is 2.87. The molecule has 2 aromatic rings. The molecule has 0 radical (unpaired) electrons. The number of nitrogens with two attached hydrogens (primary N) is 1. The average molecular weight is 297 g/mol. The lowest BCUT2D eigenvalue weighted by Crippen LogP contribution is -2.28. The number of amides is 1. The largest absolute Gasteiger partial charge is 0.384 e. The third kappa shape index (κ3) is 3.42. The first-order valence-corrected chi connectivity index (χ1v) is 6.99. The van der Waals surface area contributed by atoms with Gasteiger partial charge >= 0.3 is 0 Å². The van der Waals surface area contributed by atoms with Crippen molar-refractivity contribution in [3.05, 3.63) is 39.4 Å². The molecule has 0 saturated heterocycles. The van der Waals surface area contributed by atoms with Gasteiger partial charge in [0, 0.05) is 17.1 Å². The molecule has 1 atom stereocenters. The Morgan fingerprint density at radius 2 is 2.37 bits per heavy atom. The number of nitrogens with one attached hydrogen (secondary N) is 1. The van der Waals surface area contributed by atoms with Crippen LogP contribution >= 0.6 is 22.9 Å². The van der Waals surface area contributed by atoms with Crippen molar-refractivity contribution in [3.8, 4) is 0 Å². The van der Waals surface area contributed by atoms with Gasteiger partial charge in [-0.15, -0.1) is 11.3 Å². The summed E-state index contributed by atoms with van der Waals surface area (Å²) in [7, 11) is 0. The number of carbonyl (C=O) groups excluding carboxylic acids is 1. The molecule has 19 heavy (non-hydrogen) atoms. The summed E-state index contributed by atoms with van der Waals surface area (Å²) in [5.41, 5.74) is 5.97. The Morgan fingerprint density at radius 1 is 1.58 bits per heavy atom. The molecular weight excluding hydrogens is 284 g/mol. The van der Waals surface area contributed by atoms with Crippen molar-refractivity contribution in [1.82, 2.24) is 15.3 Å². The van der Waals surface area contributed by atoms with Crippen molar-refractivity contribution in [3.63, 3.8) is 0 Å². The zero-order valence-corrected chi connectivity index (χ0v) is 11.8. The fourth-order valence-corrected chi connectivity index (χ4v) is 2.62. The third-order valence-electron chi connectivity index (χ3n) is 2.54. The van der Waals surface area contributed by atoms with Crippen LogP contribution in [0.3, 0.4) is 0 Å². The molecule has 0 bridgehead atoms. The number of halogens is 1. The highest BCUT2D eigenvalue weighted by molar-refractivity contribution is 7.09. The molecule has 1 unspecified atom stereocenters. The lowest BCUT2D eigenvalue weighted by molar-refractivity contribution is 0.0935. The van der Waals surface area contributed by atoms with E-state index in [1.807, 2.05) is 12.3 Å². The minimum Gasteiger partial charge on any atom is -0.384 e. The van der Waals surface area contributed by atoms with Crippen LogP contribution in [0.25, 0.3) is 0 Å². The van der Waals surface area contributed by atoms with Crippen molar-refractivity contribution in [2.45, 2.75) is 19.4 Å². The molecule has 0 aliphatic carbocycles. The highest BCUT2D eigenvalue weighted by Gasteiger charge is 2.16. The van der Waals surface area contributed by atoms with Gasteiger partial charge in [0.15, 0.2) is 0 Å². The Labute approximate surface area is 119 Å². The van der Waals surface area contributed by atoms with Crippen LogP contribution in [0.5, 0.6) is 0 Å². The highest BCUT2D eigenvalue weighted by Crippen LogP contribution is 2.20.